The standard InChI is InChI=1S/C13H13BrFNS/c1-2-16-8-10-7-9(3-4-12(10)15)13-11(14)5-6-17-13/h3-7,16H,2,8H2,1H3. The molecule has 0 amide bonds. The molecule has 0 unspecified atom stereocenters. The summed E-state index contributed by atoms with van der Waals surface area (Å²) in [6, 6.07) is 7.28. The Morgan fingerprint density at radius 3 is 2.82 bits per heavy atom. The van der Waals surface area contributed by atoms with Crippen LogP contribution in [0.15, 0.2) is 34.1 Å². The van der Waals surface area contributed by atoms with Crippen molar-refractivity contribution >= 4 is 27.3 Å². The Bertz CT molecular complexity index is 510. The molecule has 0 radical (unpaired) electrons. The highest BCUT2D eigenvalue weighted by molar-refractivity contribution is 9.10. The van der Waals surface area contributed by atoms with Gasteiger partial charge in [0.2, 0.25) is 0 Å². The van der Waals surface area contributed by atoms with E-state index in [1.165, 1.54) is 6.07 Å². The molecule has 1 aromatic heterocycles. The Morgan fingerprint density at radius 1 is 1.35 bits per heavy atom. The highest BCUT2D eigenvalue weighted by Crippen LogP contribution is 2.34. The molecule has 0 aliphatic carbocycles. The SMILES string of the molecule is CCNCc1cc(-c2sccc2Br)ccc1F. The van der Waals surface area contributed by atoms with Crippen LogP contribution >= 0.6 is 27.3 Å². The highest BCUT2D eigenvalue weighted by Gasteiger charge is 2.08. The van der Waals surface area contributed by atoms with Gasteiger partial charge in [-0.1, -0.05) is 13.0 Å². The van der Waals surface area contributed by atoms with Crippen molar-refractivity contribution in [3.05, 3.63) is 45.5 Å². The van der Waals surface area contributed by atoms with Crippen LogP contribution in [-0.4, -0.2) is 6.54 Å². The number of benzene rings is 1. The lowest BCUT2D eigenvalue weighted by Gasteiger charge is -2.06. The Kier molecular flexibility index (Phi) is 4.31. The molecule has 17 heavy (non-hydrogen) atoms. The van der Waals surface area contributed by atoms with Crippen LogP contribution in [0.4, 0.5) is 4.39 Å². The van der Waals surface area contributed by atoms with Crippen LogP contribution in [0, 0.1) is 5.82 Å². The van der Waals surface area contributed by atoms with Gasteiger partial charge in [-0.2, -0.15) is 0 Å². The third-order valence-corrected chi connectivity index (χ3v) is 4.38. The molecule has 0 spiro atoms. The summed E-state index contributed by atoms with van der Waals surface area (Å²) in [5.74, 6) is -0.151. The number of nitrogens with one attached hydrogen (secondary N) is 1. The Hall–Kier alpha value is -0.710. The zero-order chi connectivity index (χ0) is 12.3. The van der Waals surface area contributed by atoms with Crippen LogP contribution in [0.3, 0.4) is 0 Å². The van der Waals surface area contributed by atoms with Gasteiger partial charge >= 0.3 is 0 Å². The first-order valence-corrected chi connectivity index (χ1v) is 7.12. The van der Waals surface area contributed by atoms with Gasteiger partial charge in [0.25, 0.3) is 0 Å². The summed E-state index contributed by atoms with van der Waals surface area (Å²) in [5, 5.41) is 5.16. The van der Waals surface area contributed by atoms with Crippen molar-refractivity contribution in [2.45, 2.75) is 13.5 Å². The summed E-state index contributed by atoms with van der Waals surface area (Å²) in [5.41, 5.74) is 1.77. The fourth-order valence-corrected chi connectivity index (χ4v) is 3.21. The van der Waals surface area contributed by atoms with Crippen molar-refractivity contribution in [2.24, 2.45) is 0 Å². The summed E-state index contributed by atoms with van der Waals surface area (Å²) >= 11 is 5.15. The van der Waals surface area contributed by atoms with E-state index in [0.717, 1.165) is 21.5 Å². The molecule has 0 saturated heterocycles. The van der Waals surface area contributed by atoms with E-state index in [0.29, 0.717) is 12.1 Å². The lowest BCUT2D eigenvalue weighted by Crippen LogP contribution is -2.12. The summed E-state index contributed by atoms with van der Waals surface area (Å²) < 4.78 is 14.6. The van der Waals surface area contributed by atoms with E-state index in [1.807, 2.05) is 30.5 Å². The van der Waals surface area contributed by atoms with Gasteiger partial charge in [-0.15, -0.1) is 11.3 Å². The smallest absolute Gasteiger partial charge is 0.127 e. The van der Waals surface area contributed by atoms with Gasteiger partial charge in [-0.3, -0.25) is 0 Å². The topological polar surface area (TPSA) is 12.0 Å². The number of rotatable bonds is 4. The molecule has 1 aromatic carbocycles. The van der Waals surface area contributed by atoms with Gasteiger partial charge in [0.1, 0.15) is 5.82 Å². The molecule has 0 atom stereocenters. The molecule has 0 fully saturated rings. The quantitative estimate of drug-likeness (QED) is 0.880. The van der Waals surface area contributed by atoms with Gasteiger partial charge < -0.3 is 5.32 Å². The van der Waals surface area contributed by atoms with Gasteiger partial charge in [0.15, 0.2) is 0 Å². The molecule has 90 valence electrons. The summed E-state index contributed by atoms with van der Waals surface area (Å²) in [4.78, 5) is 1.14. The fourth-order valence-electron chi connectivity index (χ4n) is 1.61. The maximum Gasteiger partial charge on any atom is 0.127 e. The second-order valence-electron chi connectivity index (χ2n) is 3.68. The monoisotopic (exact) mass is 313 g/mol. The molecule has 2 aromatic rings. The van der Waals surface area contributed by atoms with E-state index < -0.39 is 0 Å². The van der Waals surface area contributed by atoms with E-state index in [1.54, 1.807) is 11.3 Å². The molecule has 0 aliphatic rings. The maximum atomic E-state index is 13.6. The number of thiophene rings is 1. The number of halogens is 2. The van der Waals surface area contributed by atoms with Crippen molar-refractivity contribution in [3.8, 4) is 10.4 Å². The largest absolute Gasteiger partial charge is 0.313 e. The van der Waals surface area contributed by atoms with E-state index in [2.05, 4.69) is 21.2 Å². The molecule has 1 heterocycles. The Labute approximate surface area is 113 Å². The molecular formula is C13H13BrFNS. The minimum Gasteiger partial charge on any atom is -0.313 e. The van der Waals surface area contributed by atoms with Crippen molar-refractivity contribution in [1.29, 1.82) is 0 Å². The van der Waals surface area contributed by atoms with E-state index >= 15 is 0 Å². The lowest BCUT2D eigenvalue weighted by atomic mass is 10.1. The average molecular weight is 314 g/mol. The van der Waals surface area contributed by atoms with Crippen molar-refractivity contribution in [1.82, 2.24) is 5.32 Å². The Morgan fingerprint density at radius 2 is 2.18 bits per heavy atom. The van der Waals surface area contributed by atoms with Gasteiger partial charge in [0, 0.05) is 21.5 Å². The molecule has 0 saturated carbocycles. The Balaban J connectivity index is 2.34. The first kappa shape index (κ1) is 12.7. The third-order valence-electron chi connectivity index (χ3n) is 2.49. The van der Waals surface area contributed by atoms with Crippen LogP contribution in [0.5, 0.6) is 0 Å². The van der Waals surface area contributed by atoms with Gasteiger partial charge in [0.05, 0.1) is 0 Å². The van der Waals surface area contributed by atoms with E-state index in [-0.39, 0.29) is 5.82 Å². The van der Waals surface area contributed by atoms with E-state index in [9.17, 15) is 4.39 Å². The molecular weight excluding hydrogens is 301 g/mol. The fraction of sp³-hybridized carbons (Fsp3) is 0.231. The normalized spacial score (nSPS) is 10.8. The maximum absolute atomic E-state index is 13.6. The van der Waals surface area contributed by atoms with Gasteiger partial charge in [-0.05, 0) is 51.6 Å². The second kappa shape index (κ2) is 5.76. The summed E-state index contributed by atoms with van der Waals surface area (Å²) in [6.07, 6.45) is 0. The number of hydrogen-bond donors (Lipinski definition) is 1. The summed E-state index contributed by atoms with van der Waals surface area (Å²) in [6.45, 7) is 3.42. The third kappa shape index (κ3) is 2.94. The van der Waals surface area contributed by atoms with E-state index in [4.69, 9.17) is 0 Å². The van der Waals surface area contributed by atoms with Crippen LogP contribution in [-0.2, 0) is 6.54 Å². The average Bonchev–Trinajstić information content (AvgIpc) is 2.75. The van der Waals surface area contributed by atoms with Crippen molar-refractivity contribution < 1.29 is 4.39 Å². The van der Waals surface area contributed by atoms with Crippen LogP contribution in [0.25, 0.3) is 10.4 Å². The molecule has 0 bridgehead atoms. The van der Waals surface area contributed by atoms with Gasteiger partial charge in [-0.25, -0.2) is 4.39 Å². The number of hydrogen-bond acceptors (Lipinski definition) is 2. The predicted molar refractivity (Wildman–Crippen MR) is 74.8 cm³/mol. The first-order chi connectivity index (χ1) is 8.22. The molecule has 4 heteroatoms. The first-order valence-electron chi connectivity index (χ1n) is 5.45. The highest BCUT2D eigenvalue weighted by atomic mass is 79.9. The van der Waals surface area contributed by atoms with Crippen LogP contribution in [0.1, 0.15) is 12.5 Å². The molecule has 1 N–H and O–H groups in total. The molecule has 2 rings (SSSR count). The van der Waals surface area contributed by atoms with Crippen molar-refractivity contribution in [3.63, 3.8) is 0 Å². The van der Waals surface area contributed by atoms with Crippen molar-refractivity contribution in [2.75, 3.05) is 6.54 Å². The van der Waals surface area contributed by atoms with Crippen LogP contribution in [0.2, 0.25) is 0 Å². The lowest BCUT2D eigenvalue weighted by molar-refractivity contribution is 0.594. The molecule has 0 aliphatic heterocycles. The minimum absolute atomic E-state index is 0.151. The predicted octanol–water partition coefficient (Wildman–Crippen LogP) is 4.43. The zero-order valence-electron chi connectivity index (χ0n) is 9.47. The van der Waals surface area contributed by atoms with Crippen LogP contribution < -0.4 is 5.32 Å². The second-order valence-corrected chi connectivity index (χ2v) is 5.45. The minimum atomic E-state index is -0.151. The molecule has 1 nitrogen and oxygen atoms in total. The zero-order valence-corrected chi connectivity index (χ0v) is 11.9. The summed E-state index contributed by atoms with van der Waals surface area (Å²) in [7, 11) is 0.